The molecule has 1 atom stereocenters. The van der Waals surface area contributed by atoms with Gasteiger partial charge in [-0.3, -0.25) is 4.79 Å². The van der Waals surface area contributed by atoms with Crippen molar-refractivity contribution < 1.29 is 9.47 Å². The highest BCUT2D eigenvalue weighted by Crippen LogP contribution is 2.28. The predicted octanol–water partition coefficient (Wildman–Crippen LogP) is 2.29. The van der Waals surface area contributed by atoms with Gasteiger partial charge in [0, 0.05) is 18.4 Å². The first-order chi connectivity index (χ1) is 13.7. The summed E-state index contributed by atoms with van der Waals surface area (Å²) in [6, 6.07) is 9.41. The summed E-state index contributed by atoms with van der Waals surface area (Å²) in [4.78, 5) is 22.1. The number of nitrogens with zero attached hydrogens (tertiary/aromatic N) is 5. The second-order valence-electron chi connectivity index (χ2n) is 6.83. The van der Waals surface area contributed by atoms with Crippen molar-refractivity contribution in [3.05, 3.63) is 53.2 Å². The quantitative estimate of drug-likeness (QED) is 0.543. The van der Waals surface area contributed by atoms with Gasteiger partial charge in [0.2, 0.25) is 0 Å². The van der Waals surface area contributed by atoms with Crippen LogP contribution in [0.25, 0.3) is 27.9 Å². The van der Waals surface area contributed by atoms with Crippen LogP contribution in [0.3, 0.4) is 0 Å². The van der Waals surface area contributed by atoms with E-state index in [2.05, 4.69) is 15.1 Å². The Morgan fingerprint density at radius 3 is 3.07 bits per heavy atom. The number of benzene rings is 1. The minimum atomic E-state index is -0.115. The summed E-state index contributed by atoms with van der Waals surface area (Å²) in [5, 5.41) is 4.81. The summed E-state index contributed by atoms with van der Waals surface area (Å²) in [5.74, 6) is 1.15. The van der Waals surface area contributed by atoms with Crippen molar-refractivity contribution in [3.8, 4) is 17.0 Å². The van der Waals surface area contributed by atoms with Crippen molar-refractivity contribution >= 4 is 16.7 Å². The molecule has 4 aromatic rings. The molecule has 0 unspecified atom stereocenters. The maximum Gasteiger partial charge on any atom is 0.262 e. The second-order valence-corrected chi connectivity index (χ2v) is 6.83. The van der Waals surface area contributed by atoms with E-state index in [0.717, 1.165) is 25.0 Å². The van der Waals surface area contributed by atoms with Gasteiger partial charge < -0.3 is 14.0 Å². The van der Waals surface area contributed by atoms with Gasteiger partial charge in [-0.25, -0.2) is 4.98 Å². The fourth-order valence-corrected chi connectivity index (χ4v) is 3.75. The third-order valence-corrected chi connectivity index (χ3v) is 5.11. The van der Waals surface area contributed by atoms with Crippen LogP contribution in [0, 0.1) is 0 Å². The SMILES string of the molecule is COc1cccc(-c2c3c(=O)n(C[C@@H]4CCCO4)ccc3nc3ncnn23)c1. The van der Waals surface area contributed by atoms with Crippen molar-refractivity contribution in [1.29, 1.82) is 0 Å². The third-order valence-electron chi connectivity index (χ3n) is 5.11. The number of hydrogen-bond acceptors (Lipinski definition) is 6. The van der Waals surface area contributed by atoms with E-state index < -0.39 is 0 Å². The molecule has 1 aliphatic heterocycles. The molecule has 28 heavy (non-hydrogen) atoms. The van der Waals surface area contributed by atoms with Crippen LogP contribution in [-0.2, 0) is 11.3 Å². The molecule has 0 spiro atoms. The van der Waals surface area contributed by atoms with Gasteiger partial charge in [-0.15, -0.1) is 0 Å². The molecule has 0 saturated carbocycles. The number of aromatic nitrogens is 5. The monoisotopic (exact) mass is 377 g/mol. The van der Waals surface area contributed by atoms with Crippen molar-refractivity contribution in [2.45, 2.75) is 25.5 Å². The maximum absolute atomic E-state index is 13.4. The zero-order valence-corrected chi connectivity index (χ0v) is 15.4. The van der Waals surface area contributed by atoms with Crippen molar-refractivity contribution in [3.63, 3.8) is 0 Å². The summed E-state index contributed by atoms with van der Waals surface area (Å²) in [5.41, 5.74) is 1.94. The number of fused-ring (bicyclic) bond motifs is 2. The lowest BCUT2D eigenvalue weighted by atomic mass is 10.1. The Morgan fingerprint density at radius 1 is 1.32 bits per heavy atom. The number of hydrogen-bond donors (Lipinski definition) is 0. The average Bonchev–Trinajstić information content (AvgIpc) is 3.40. The normalized spacial score (nSPS) is 16.8. The van der Waals surface area contributed by atoms with Gasteiger partial charge in [0.05, 0.1) is 36.4 Å². The fourth-order valence-electron chi connectivity index (χ4n) is 3.75. The summed E-state index contributed by atoms with van der Waals surface area (Å²) < 4.78 is 14.4. The number of rotatable bonds is 4. The van der Waals surface area contributed by atoms with Crippen LogP contribution in [0.15, 0.2) is 47.7 Å². The molecule has 0 aliphatic carbocycles. The van der Waals surface area contributed by atoms with Crippen molar-refractivity contribution in [2.75, 3.05) is 13.7 Å². The predicted molar refractivity (Wildman–Crippen MR) is 104 cm³/mol. The van der Waals surface area contributed by atoms with Gasteiger partial charge in [0.25, 0.3) is 11.3 Å². The molecule has 142 valence electrons. The van der Waals surface area contributed by atoms with Crippen LogP contribution in [0.1, 0.15) is 12.8 Å². The lowest BCUT2D eigenvalue weighted by Crippen LogP contribution is -2.27. The number of ether oxygens (including phenoxy) is 2. The highest BCUT2D eigenvalue weighted by atomic mass is 16.5. The Balaban J connectivity index is 1.78. The summed E-state index contributed by atoms with van der Waals surface area (Å²) in [6.45, 7) is 1.28. The summed E-state index contributed by atoms with van der Waals surface area (Å²) in [6.07, 6.45) is 5.28. The van der Waals surface area contributed by atoms with Gasteiger partial charge in [-0.05, 0) is 31.0 Å². The largest absolute Gasteiger partial charge is 0.497 e. The Hall–Kier alpha value is -3.26. The first-order valence-corrected chi connectivity index (χ1v) is 9.23. The molecule has 1 fully saturated rings. The Kier molecular flexibility index (Phi) is 4.05. The maximum atomic E-state index is 13.4. The second kappa shape index (κ2) is 6.72. The van der Waals surface area contributed by atoms with Crippen molar-refractivity contribution in [1.82, 2.24) is 24.1 Å². The standard InChI is InChI=1S/C20H19N5O3/c1-27-14-5-2-4-13(10-14)18-17-16(23-20-21-12-22-25(18)20)7-8-24(19(17)26)11-15-6-3-9-28-15/h2,4-5,7-8,10,12,15H,3,6,9,11H2,1H3/t15-/m0/s1. The molecular weight excluding hydrogens is 358 g/mol. The smallest absolute Gasteiger partial charge is 0.262 e. The lowest BCUT2D eigenvalue weighted by molar-refractivity contribution is 0.0963. The van der Waals surface area contributed by atoms with E-state index in [1.807, 2.05) is 30.3 Å². The lowest BCUT2D eigenvalue weighted by Gasteiger charge is -2.14. The molecule has 0 amide bonds. The molecule has 1 saturated heterocycles. The fraction of sp³-hybridized carbons (Fsp3) is 0.300. The summed E-state index contributed by atoms with van der Waals surface area (Å²) >= 11 is 0. The molecule has 1 aliphatic rings. The van der Waals surface area contributed by atoms with Gasteiger partial charge in [0.15, 0.2) is 0 Å². The van der Waals surface area contributed by atoms with E-state index in [9.17, 15) is 4.79 Å². The first-order valence-electron chi connectivity index (χ1n) is 9.23. The molecular formula is C20H19N5O3. The molecule has 0 N–H and O–H groups in total. The highest BCUT2D eigenvalue weighted by Gasteiger charge is 2.20. The van der Waals surface area contributed by atoms with Gasteiger partial charge in [-0.1, -0.05) is 12.1 Å². The zero-order valence-electron chi connectivity index (χ0n) is 15.4. The average molecular weight is 377 g/mol. The van der Waals surface area contributed by atoms with Gasteiger partial charge in [0.1, 0.15) is 12.1 Å². The van der Waals surface area contributed by atoms with E-state index in [1.54, 1.807) is 22.4 Å². The van der Waals surface area contributed by atoms with E-state index in [4.69, 9.17) is 9.47 Å². The van der Waals surface area contributed by atoms with Crippen LogP contribution in [0.4, 0.5) is 0 Å². The van der Waals surface area contributed by atoms with Crippen LogP contribution in [0.2, 0.25) is 0 Å². The van der Waals surface area contributed by atoms with Crippen LogP contribution in [-0.4, -0.2) is 44.0 Å². The van der Waals surface area contributed by atoms with Gasteiger partial charge >= 0.3 is 0 Å². The first kappa shape index (κ1) is 16.9. The number of pyridine rings is 1. The molecule has 0 bridgehead atoms. The molecule has 5 rings (SSSR count). The van der Waals surface area contributed by atoms with Gasteiger partial charge in [-0.2, -0.15) is 14.6 Å². The van der Waals surface area contributed by atoms with Crippen molar-refractivity contribution in [2.24, 2.45) is 0 Å². The Morgan fingerprint density at radius 2 is 2.25 bits per heavy atom. The molecule has 1 aromatic carbocycles. The molecule has 3 aromatic heterocycles. The van der Waals surface area contributed by atoms with E-state index >= 15 is 0 Å². The molecule has 8 nitrogen and oxygen atoms in total. The van der Waals surface area contributed by atoms with Crippen LogP contribution in [0.5, 0.6) is 5.75 Å². The van der Waals surface area contributed by atoms with Crippen LogP contribution >= 0.6 is 0 Å². The zero-order chi connectivity index (χ0) is 19.1. The number of methoxy groups -OCH3 is 1. The molecule has 0 radical (unpaired) electrons. The summed E-state index contributed by atoms with van der Waals surface area (Å²) in [7, 11) is 1.61. The van der Waals surface area contributed by atoms with E-state index in [1.165, 1.54) is 6.33 Å². The molecule has 4 heterocycles. The highest BCUT2D eigenvalue weighted by molar-refractivity contribution is 5.93. The molecule has 8 heteroatoms. The van der Waals surface area contributed by atoms with Crippen LogP contribution < -0.4 is 10.3 Å². The van der Waals surface area contributed by atoms with E-state index in [-0.39, 0.29) is 11.7 Å². The minimum absolute atomic E-state index is 0.0680. The Labute approximate surface area is 160 Å². The Bertz CT molecular complexity index is 1220. The van der Waals surface area contributed by atoms with E-state index in [0.29, 0.717) is 34.7 Å². The third kappa shape index (κ3) is 2.73. The minimum Gasteiger partial charge on any atom is -0.497 e. The topological polar surface area (TPSA) is 83.5 Å².